The van der Waals surface area contributed by atoms with E-state index in [1.54, 1.807) is 4.68 Å². The molecule has 1 amide bonds. The summed E-state index contributed by atoms with van der Waals surface area (Å²) in [5.74, 6) is 0.191. The zero-order chi connectivity index (χ0) is 17.7. The van der Waals surface area contributed by atoms with Crippen LogP contribution in [0.25, 0.3) is 0 Å². The number of carbonyl (C=O) groups excluding carboxylic acids is 2. The van der Waals surface area contributed by atoms with Crippen LogP contribution < -0.4 is 5.32 Å². The number of methoxy groups -OCH3 is 1. The highest BCUT2D eigenvalue weighted by Gasteiger charge is 2.26. The van der Waals surface area contributed by atoms with Crippen LogP contribution in [0.15, 0.2) is 6.33 Å². The number of rotatable bonds is 6. The van der Waals surface area contributed by atoms with Gasteiger partial charge in [-0.1, -0.05) is 13.8 Å². The minimum absolute atomic E-state index is 0.0643. The van der Waals surface area contributed by atoms with Crippen LogP contribution in [-0.2, 0) is 16.2 Å². The quantitative estimate of drug-likeness (QED) is 0.776. The summed E-state index contributed by atoms with van der Waals surface area (Å²) < 4.78 is 6.21. The maximum atomic E-state index is 12.3. The van der Waals surface area contributed by atoms with Crippen molar-refractivity contribution in [3.63, 3.8) is 0 Å². The van der Waals surface area contributed by atoms with Crippen molar-refractivity contribution in [2.24, 2.45) is 11.8 Å². The number of nitrogens with one attached hydrogen (secondary N) is 1. The molecular formula is C16H27N5O3. The highest BCUT2D eigenvalue weighted by Crippen LogP contribution is 2.18. The lowest BCUT2D eigenvalue weighted by molar-refractivity contribution is -0.127. The first-order valence-electron chi connectivity index (χ1n) is 8.41. The first-order chi connectivity index (χ1) is 11.4. The molecule has 0 spiro atoms. The van der Waals surface area contributed by atoms with Gasteiger partial charge in [-0.2, -0.15) is 0 Å². The minimum Gasteiger partial charge on any atom is -0.463 e. The maximum absolute atomic E-state index is 12.3. The van der Waals surface area contributed by atoms with Gasteiger partial charge < -0.3 is 10.1 Å². The lowest BCUT2D eigenvalue weighted by Gasteiger charge is -2.31. The molecule has 0 aromatic carbocycles. The lowest BCUT2D eigenvalue weighted by atomic mass is 9.95. The van der Waals surface area contributed by atoms with Gasteiger partial charge in [-0.25, -0.2) is 14.5 Å². The molecule has 1 aromatic heterocycles. The largest absolute Gasteiger partial charge is 0.463 e. The van der Waals surface area contributed by atoms with E-state index in [0.717, 1.165) is 25.9 Å². The van der Waals surface area contributed by atoms with Gasteiger partial charge in [0.05, 0.1) is 13.8 Å². The fourth-order valence-electron chi connectivity index (χ4n) is 2.60. The van der Waals surface area contributed by atoms with Gasteiger partial charge in [0.1, 0.15) is 6.33 Å². The molecule has 134 valence electrons. The van der Waals surface area contributed by atoms with Gasteiger partial charge in [0, 0.05) is 25.0 Å². The first-order valence-corrected chi connectivity index (χ1v) is 8.41. The molecule has 1 aliphatic heterocycles. The SMILES string of the molecule is COC(=O)c1ncn(CN2CCC(C(=O)NC(C)C(C)C)CC2)n1. The van der Waals surface area contributed by atoms with Gasteiger partial charge in [0.15, 0.2) is 0 Å². The Bertz CT molecular complexity index is 564. The number of amides is 1. The maximum Gasteiger partial charge on any atom is 0.377 e. The molecule has 0 aliphatic carbocycles. The van der Waals surface area contributed by atoms with E-state index in [-0.39, 0.29) is 23.7 Å². The molecule has 0 radical (unpaired) electrons. The van der Waals surface area contributed by atoms with Crippen LogP contribution in [0.4, 0.5) is 0 Å². The predicted octanol–water partition coefficient (Wildman–Crippen LogP) is 0.895. The third-order valence-corrected chi connectivity index (χ3v) is 4.58. The van der Waals surface area contributed by atoms with Crippen molar-refractivity contribution in [3.05, 3.63) is 12.2 Å². The average Bonchev–Trinajstić information content (AvgIpc) is 3.03. The third kappa shape index (κ3) is 4.77. The summed E-state index contributed by atoms with van der Waals surface area (Å²) in [5.41, 5.74) is 0. The number of carbonyl (C=O) groups is 2. The second-order valence-electron chi connectivity index (χ2n) is 6.67. The monoisotopic (exact) mass is 337 g/mol. The van der Waals surface area contributed by atoms with Crippen LogP contribution in [0.1, 0.15) is 44.2 Å². The smallest absolute Gasteiger partial charge is 0.377 e. The van der Waals surface area contributed by atoms with Crippen molar-refractivity contribution < 1.29 is 14.3 Å². The lowest BCUT2D eigenvalue weighted by Crippen LogP contribution is -2.44. The van der Waals surface area contributed by atoms with Crippen LogP contribution in [-0.4, -0.2) is 57.8 Å². The van der Waals surface area contributed by atoms with Crippen LogP contribution in [0, 0.1) is 11.8 Å². The fraction of sp³-hybridized carbons (Fsp3) is 0.750. The minimum atomic E-state index is -0.539. The average molecular weight is 337 g/mol. The molecule has 24 heavy (non-hydrogen) atoms. The summed E-state index contributed by atoms with van der Waals surface area (Å²) >= 11 is 0. The molecule has 1 N–H and O–H groups in total. The first kappa shape index (κ1) is 18.4. The second kappa shape index (κ2) is 8.23. The van der Waals surface area contributed by atoms with E-state index in [9.17, 15) is 9.59 Å². The molecule has 1 fully saturated rings. The molecule has 1 atom stereocenters. The van der Waals surface area contributed by atoms with Crippen molar-refractivity contribution >= 4 is 11.9 Å². The Labute approximate surface area is 142 Å². The molecular weight excluding hydrogens is 310 g/mol. The number of ether oxygens (including phenoxy) is 1. The molecule has 1 saturated heterocycles. The van der Waals surface area contributed by atoms with E-state index < -0.39 is 5.97 Å². The van der Waals surface area contributed by atoms with Crippen LogP contribution >= 0.6 is 0 Å². The van der Waals surface area contributed by atoms with Gasteiger partial charge in [-0.15, -0.1) is 5.10 Å². The Hall–Kier alpha value is -1.96. The molecule has 0 saturated carbocycles. The van der Waals surface area contributed by atoms with Gasteiger partial charge in [-0.05, 0) is 25.7 Å². The van der Waals surface area contributed by atoms with E-state index in [0.29, 0.717) is 12.6 Å². The molecule has 1 unspecified atom stereocenters. The van der Waals surface area contributed by atoms with E-state index in [4.69, 9.17) is 0 Å². The second-order valence-corrected chi connectivity index (χ2v) is 6.67. The molecule has 1 aliphatic rings. The van der Waals surface area contributed by atoms with Crippen molar-refractivity contribution in [3.8, 4) is 0 Å². The van der Waals surface area contributed by atoms with E-state index in [2.05, 4.69) is 38.9 Å². The number of hydrogen-bond acceptors (Lipinski definition) is 6. The van der Waals surface area contributed by atoms with Crippen LogP contribution in [0.2, 0.25) is 0 Å². The number of hydrogen-bond donors (Lipinski definition) is 1. The molecule has 8 heteroatoms. The third-order valence-electron chi connectivity index (χ3n) is 4.58. The zero-order valence-corrected chi connectivity index (χ0v) is 14.9. The van der Waals surface area contributed by atoms with Gasteiger partial charge in [0.25, 0.3) is 5.82 Å². The summed E-state index contributed by atoms with van der Waals surface area (Å²) in [7, 11) is 1.30. The van der Waals surface area contributed by atoms with E-state index in [1.807, 2.05) is 6.92 Å². The Morgan fingerprint density at radius 2 is 2.00 bits per heavy atom. The normalized spacial score (nSPS) is 17.7. The summed E-state index contributed by atoms with van der Waals surface area (Å²) in [6.45, 7) is 8.45. The summed E-state index contributed by atoms with van der Waals surface area (Å²) in [5, 5.41) is 7.20. The molecule has 2 rings (SSSR count). The fourth-order valence-corrected chi connectivity index (χ4v) is 2.60. The van der Waals surface area contributed by atoms with Gasteiger partial charge in [-0.3, -0.25) is 9.69 Å². The van der Waals surface area contributed by atoms with Crippen molar-refractivity contribution in [1.82, 2.24) is 25.0 Å². The van der Waals surface area contributed by atoms with Crippen LogP contribution in [0.3, 0.4) is 0 Å². The summed E-state index contributed by atoms with van der Waals surface area (Å²) in [6.07, 6.45) is 3.18. The van der Waals surface area contributed by atoms with Crippen LogP contribution in [0.5, 0.6) is 0 Å². The van der Waals surface area contributed by atoms with Gasteiger partial charge >= 0.3 is 5.97 Å². The Balaban J connectivity index is 1.79. The van der Waals surface area contributed by atoms with Crippen molar-refractivity contribution in [2.45, 2.75) is 46.3 Å². The van der Waals surface area contributed by atoms with Crippen molar-refractivity contribution in [2.75, 3.05) is 20.2 Å². The Morgan fingerprint density at radius 1 is 1.33 bits per heavy atom. The van der Waals surface area contributed by atoms with Crippen molar-refractivity contribution in [1.29, 1.82) is 0 Å². The number of nitrogens with zero attached hydrogens (tertiary/aromatic N) is 4. The number of aromatic nitrogens is 3. The summed E-state index contributed by atoms with van der Waals surface area (Å²) in [6, 6.07) is 0.197. The standard InChI is InChI=1S/C16H27N5O3/c1-11(2)12(3)18-15(22)13-5-7-20(8-6-13)10-21-9-17-14(19-21)16(23)24-4/h9,11-13H,5-8,10H2,1-4H3,(H,18,22). The molecule has 2 heterocycles. The number of piperidine rings is 1. The topological polar surface area (TPSA) is 89.4 Å². The number of likely N-dealkylation sites (tertiary alicyclic amines) is 1. The number of esters is 1. The Morgan fingerprint density at radius 3 is 2.58 bits per heavy atom. The highest BCUT2D eigenvalue weighted by atomic mass is 16.5. The molecule has 8 nitrogen and oxygen atoms in total. The highest BCUT2D eigenvalue weighted by molar-refractivity contribution is 5.84. The van der Waals surface area contributed by atoms with Gasteiger partial charge in [0.2, 0.25) is 5.91 Å². The van der Waals surface area contributed by atoms with E-state index in [1.165, 1.54) is 13.4 Å². The summed E-state index contributed by atoms with van der Waals surface area (Å²) in [4.78, 5) is 29.8. The Kier molecular flexibility index (Phi) is 6.30. The van der Waals surface area contributed by atoms with E-state index >= 15 is 0 Å². The molecule has 0 bridgehead atoms. The predicted molar refractivity (Wildman–Crippen MR) is 88.1 cm³/mol. The zero-order valence-electron chi connectivity index (χ0n) is 14.9. The molecule has 1 aromatic rings.